The van der Waals surface area contributed by atoms with Crippen molar-refractivity contribution in [3.63, 3.8) is 0 Å². The van der Waals surface area contributed by atoms with Crippen molar-refractivity contribution in [2.24, 2.45) is 0 Å². The van der Waals surface area contributed by atoms with E-state index in [1.54, 1.807) is 13.8 Å². The highest BCUT2D eigenvalue weighted by Gasteiger charge is 2.40. The van der Waals surface area contributed by atoms with Crippen LogP contribution >= 0.6 is 0 Å². The molecular weight excluding hydrogens is 178 g/mol. The Hall–Kier alpha value is -1.35. The van der Waals surface area contributed by atoms with Gasteiger partial charge in [-0.25, -0.2) is 0 Å². The van der Waals surface area contributed by atoms with Gasteiger partial charge in [0.2, 0.25) is 0 Å². The van der Waals surface area contributed by atoms with Crippen LogP contribution in [0.25, 0.3) is 0 Å². The molecule has 74 valence electrons. The van der Waals surface area contributed by atoms with Crippen LogP contribution in [0.15, 0.2) is 30.3 Å². The largest absolute Gasteiger partial charge is 0.338 e. The Bertz CT molecular complexity index is 346. The van der Waals surface area contributed by atoms with E-state index < -0.39 is 5.60 Å². The lowest BCUT2D eigenvalue weighted by Crippen LogP contribution is -2.32. The first-order valence-electron chi connectivity index (χ1n) is 4.63. The summed E-state index contributed by atoms with van der Waals surface area (Å²) in [7, 11) is 0. The lowest BCUT2D eigenvalue weighted by atomic mass is 10.1. The highest BCUT2D eigenvalue weighted by atomic mass is 16.5. The molecule has 0 saturated carbocycles. The summed E-state index contributed by atoms with van der Waals surface area (Å²) in [6.07, 6.45) is -0.307. The Balaban J connectivity index is 2.21. The van der Waals surface area contributed by atoms with E-state index >= 15 is 0 Å². The average molecular weight is 191 g/mol. The van der Waals surface area contributed by atoms with Crippen LogP contribution in [0, 0.1) is 0 Å². The van der Waals surface area contributed by atoms with E-state index in [9.17, 15) is 4.79 Å². The van der Waals surface area contributed by atoms with Crippen molar-refractivity contribution in [2.45, 2.75) is 25.7 Å². The van der Waals surface area contributed by atoms with Crippen LogP contribution in [-0.4, -0.2) is 11.5 Å². The molecule has 1 saturated heterocycles. The smallest absolute Gasteiger partial charge is 0.254 e. The zero-order chi connectivity index (χ0) is 10.2. The van der Waals surface area contributed by atoms with Gasteiger partial charge in [-0.05, 0) is 13.8 Å². The molecule has 1 aliphatic rings. The predicted molar refractivity (Wildman–Crippen MR) is 52.5 cm³/mol. The van der Waals surface area contributed by atoms with E-state index in [1.165, 1.54) is 0 Å². The van der Waals surface area contributed by atoms with Crippen LogP contribution in [0.1, 0.15) is 25.6 Å². The number of hydrogen-bond acceptors (Lipinski definition) is 2. The highest BCUT2D eigenvalue weighted by molar-refractivity contribution is 5.86. The molecule has 0 spiro atoms. The van der Waals surface area contributed by atoms with E-state index in [-0.39, 0.29) is 12.1 Å². The van der Waals surface area contributed by atoms with Gasteiger partial charge >= 0.3 is 0 Å². The minimum absolute atomic E-state index is 0.0636. The lowest BCUT2D eigenvalue weighted by molar-refractivity contribution is -0.130. The molecule has 2 rings (SSSR count). The van der Waals surface area contributed by atoms with E-state index in [0.29, 0.717) is 0 Å². The third kappa shape index (κ3) is 1.51. The molecule has 1 aromatic rings. The molecule has 0 radical (unpaired) electrons. The van der Waals surface area contributed by atoms with Crippen LogP contribution < -0.4 is 5.32 Å². The van der Waals surface area contributed by atoms with Gasteiger partial charge in [-0.3, -0.25) is 4.79 Å². The molecule has 14 heavy (non-hydrogen) atoms. The number of benzene rings is 1. The van der Waals surface area contributed by atoms with Crippen LogP contribution in [0.5, 0.6) is 0 Å². The molecule has 3 nitrogen and oxygen atoms in total. The summed E-state index contributed by atoms with van der Waals surface area (Å²) in [6, 6.07) is 9.66. The Morgan fingerprint density at radius 2 is 1.93 bits per heavy atom. The number of amides is 1. The molecule has 3 heteroatoms. The molecule has 0 bridgehead atoms. The van der Waals surface area contributed by atoms with Gasteiger partial charge in [-0.15, -0.1) is 0 Å². The number of hydrogen-bond donors (Lipinski definition) is 1. The summed E-state index contributed by atoms with van der Waals surface area (Å²) in [4.78, 5) is 11.4. The molecule has 0 aromatic heterocycles. The Morgan fingerprint density at radius 3 is 2.43 bits per heavy atom. The van der Waals surface area contributed by atoms with Crippen molar-refractivity contribution in [3.8, 4) is 0 Å². The molecule has 1 fully saturated rings. The zero-order valence-electron chi connectivity index (χ0n) is 8.28. The van der Waals surface area contributed by atoms with Gasteiger partial charge in [-0.1, -0.05) is 30.3 Å². The summed E-state index contributed by atoms with van der Waals surface area (Å²) in [5.41, 5.74) is 0.256. The second-order valence-corrected chi connectivity index (χ2v) is 3.89. The van der Waals surface area contributed by atoms with Crippen LogP contribution in [-0.2, 0) is 9.53 Å². The summed E-state index contributed by atoms with van der Waals surface area (Å²) >= 11 is 0. The quantitative estimate of drug-likeness (QED) is 0.732. The number of carbonyl (C=O) groups is 1. The summed E-state index contributed by atoms with van der Waals surface area (Å²) in [5, 5.41) is 2.80. The molecular formula is C11H13NO2. The van der Waals surface area contributed by atoms with Gasteiger partial charge in [0.15, 0.2) is 6.23 Å². The molecule has 1 heterocycles. The first kappa shape index (κ1) is 9.21. The monoisotopic (exact) mass is 191 g/mol. The maximum Gasteiger partial charge on any atom is 0.254 e. The average Bonchev–Trinajstić information content (AvgIpc) is 2.43. The first-order chi connectivity index (χ1) is 6.59. The van der Waals surface area contributed by atoms with E-state index in [1.807, 2.05) is 30.3 Å². The van der Waals surface area contributed by atoms with Crippen molar-refractivity contribution >= 4 is 5.91 Å². The van der Waals surface area contributed by atoms with E-state index in [2.05, 4.69) is 5.32 Å². The van der Waals surface area contributed by atoms with Gasteiger partial charge in [0.1, 0.15) is 5.60 Å². The second kappa shape index (κ2) is 3.10. The normalized spacial score (nSPS) is 24.7. The lowest BCUT2D eigenvalue weighted by Gasteiger charge is -2.15. The molecule has 1 aliphatic heterocycles. The van der Waals surface area contributed by atoms with Crippen molar-refractivity contribution in [1.82, 2.24) is 5.32 Å². The molecule has 0 aliphatic carbocycles. The van der Waals surface area contributed by atoms with Gasteiger partial charge in [0, 0.05) is 5.56 Å². The number of carbonyl (C=O) groups excluding carboxylic acids is 1. The number of nitrogens with one attached hydrogen (secondary N) is 1. The molecule has 1 aromatic carbocycles. The Morgan fingerprint density at radius 1 is 1.29 bits per heavy atom. The summed E-state index contributed by atoms with van der Waals surface area (Å²) in [6.45, 7) is 3.54. The third-order valence-electron chi connectivity index (χ3n) is 2.32. The minimum Gasteiger partial charge on any atom is -0.338 e. The fraction of sp³-hybridized carbons (Fsp3) is 0.364. The maximum atomic E-state index is 11.4. The number of rotatable bonds is 1. The van der Waals surface area contributed by atoms with Crippen LogP contribution in [0.3, 0.4) is 0 Å². The standard InChI is InChI=1S/C11H13NO2/c1-11(2)10(13)12-9(14-11)8-6-4-3-5-7-8/h3-7,9H,1-2H3,(H,12,13)/t9-/m1/s1. The minimum atomic E-state index is -0.722. The van der Waals surface area contributed by atoms with Crippen molar-refractivity contribution in [1.29, 1.82) is 0 Å². The fourth-order valence-electron chi connectivity index (χ4n) is 1.45. The van der Waals surface area contributed by atoms with Gasteiger partial charge in [0.25, 0.3) is 5.91 Å². The Labute approximate surface area is 83.1 Å². The van der Waals surface area contributed by atoms with Gasteiger partial charge in [-0.2, -0.15) is 0 Å². The van der Waals surface area contributed by atoms with Crippen LogP contribution in [0.2, 0.25) is 0 Å². The maximum absolute atomic E-state index is 11.4. The van der Waals surface area contributed by atoms with E-state index in [4.69, 9.17) is 4.74 Å². The number of ether oxygens (including phenoxy) is 1. The molecule has 0 unspecified atom stereocenters. The first-order valence-corrected chi connectivity index (χ1v) is 4.63. The zero-order valence-corrected chi connectivity index (χ0v) is 8.28. The second-order valence-electron chi connectivity index (χ2n) is 3.89. The van der Waals surface area contributed by atoms with Crippen LogP contribution in [0.4, 0.5) is 0 Å². The Kier molecular flexibility index (Phi) is 2.04. The van der Waals surface area contributed by atoms with Gasteiger partial charge < -0.3 is 10.1 Å². The SMILES string of the molecule is CC1(C)O[C@H](c2ccccc2)NC1=O. The predicted octanol–water partition coefficient (Wildman–Crippen LogP) is 1.61. The van der Waals surface area contributed by atoms with Crippen molar-refractivity contribution in [3.05, 3.63) is 35.9 Å². The van der Waals surface area contributed by atoms with Gasteiger partial charge in [0.05, 0.1) is 0 Å². The summed E-state index contributed by atoms with van der Waals surface area (Å²) < 4.78 is 5.59. The highest BCUT2D eigenvalue weighted by Crippen LogP contribution is 2.28. The van der Waals surface area contributed by atoms with Crippen molar-refractivity contribution < 1.29 is 9.53 Å². The van der Waals surface area contributed by atoms with E-state index in [0.717, 1.165) is 5.56 Å². The molecule has 1 amide bonds. The third-order valence-corrected chi connectivity index (χ3v) is 2.32. The summed E-state index contributed by atoms with van der Waals surface area (Å²) in [5.74, 6) is -0.0636. The topological polar surface area (TPSA) is 38.3 Å². The van der Waals surface area contributed by atoms with Crippen molar-refractivity contribution in [2.75, 3.05) is 0 Å². The molecule has 1 atom stereocenters. The fourth-order valence-corrected chi connectivity index (χ4v) is 1.45. The molecule has 1 N–H and O–H groups in total.